The molecule has 1 aliphatic carbocycles. The summed E-state index contributed by atoms with van der Waals surface area (Å²) >= 11 is 5.77. The van der Waals surface area contributed by atoms with Crippen LogP contribution >= 0.6 is 11.6 Å². The van der Waals surface area contributed by atoms with Crippen LogP contribution in [0.4, 0.5) is 18.9 Å². The van der Waals surface area contributed by atoms with Crippen LogP contribution in [-0.4, -0.2) is 43.1 Å². The molecule has 0 saturated carbocycles. The zero-order valence-corrected chi connectivity index (χ0v) is 22.2. The Bertz CT molecular complexity index is 1430. The number of halogens is 4. The quantitative estimate of drug-likeness (QED) is 0.360. The third-order valence-corrected chi connectivity index (χ3v) is 7.84. The molecule has 5 nitrogen and oxygen atoms in total. The first-order valence-electron chi connectivity index (χ1n) is 13.0. The summed E-state index contributed by atoms with van der Waals surface area (Å²) in [4.78, 5) is 17.0. The SMILES string of the molecule is O=C(C1=CC=C2OC(c3ccccc3)(c3ccccc3)OC2C1)N1CCN(c2ccc(Cl)c(C(F)(F)F)c2)CC1. The number of hydrogen-bond acceptors (Lipinski definition) is 4. The predicted molar refractivity (Wildman–Crippen MR) is 146 cm³/mol. The van der Waals surface area contributed by atoms with Crippen molar-refractivity contribution in [3.63, 3.8) is 0 Å². The average molecular weight is 567 g/mol. The Balaban J connectivity index is 1.14. The molecular weight excluding hydrogens is 541 g/mol. The van der Waals surface area contributed by atoms with Gasteiger partial charge in [-0.15, -0.1) is 0 Å². The molecule has 2 aliphatic heterocycles. The first kappa shape index (κ1) is 26.5. The number of amides is 1. The number of nitrogens with zero attached hydrogens (tertiary/aromatic N) is 2. The highest BCUT2D eigenvalue weighted by Gasteiger charge is 2.49. The summed E-state index contributed by atoms with van der Waals surface area (Å²) in [5, 5.41) is -0.330. The normalized spacial score (nSPS) is 20.4. The monoisotopic (exact) mass is 566 g/mol. The summed E-state index contributed by atoms with van der Waals surface area (Å²) in [5.74, 6) is -0.565. The molecule has 9 heteroatoms. The van der Waals surface area contributed by atoms with Crippen molar-refractivity contribution in [1.82, 2.24) is 4.90 Å². The predicted octanol–water partition coefficient (Wildman–Crippen LogP) is 6.54. The molecule has 3 aromatic rings. The number of alkyl halides is 3. The number of carbonyl (C=O) groups is 1. The van der Waals surface area contributed by atoms with Gasteiger partial charge < -0.3 is 19.3 Å². The topological polar surface area (TPSA) is 42.0 Å². The van der Waals surface area contributed by atoms with Crippen LogP contribution in [-0.2, 0) is 26.2 Å². The van der Waals surface area contributed by atoms with Gasteiger partial charge in [-0.1, -0.05) is 78.3 Å². The van der Waals surface area contributed by atoms with Crippen molar-refractivity contribution in [2.24, 2.45) is 0 Å². The Kier molecular flexibility index (Phi) is 6.84. The van der Waals surface area contributed by atoms with Gasteiger partial charge in [-0.25, -0.2) is 0 Å². The van der Waals surface area contributed by atoms with Crippen LogP contribution in [0.5, 0.6) is 0 Å². The van der Waals surface area contributed by atoms with Gasteiger partial charge in [0.2, 0.25) is 5.91 Å². The van der Waals surface area contributed by atoms with E-state index in [2.05, 4.69) is 0 Å². The van der Waals surface area contributed by atoms with E-state index in [0.717, 1.165) is 17.2 Å². The fourth-order valence-corrected chi connectivity index (χ4v) is 5.67. The number of fused-ring (bicyclic) bond motifs is 1. The lowest BCUT2D eigenvalue weighted by Crippen LogP contribution is -2.49. The van der Waals surface area contributed by atoms with Gasteiger partial charge in [-0.3, -0.25) is 4.79 Å². The van der Waals surface area contributed by atoms with Crippen molar-refractivity contribution in [2.75, 3.05) is 31.1 Å². The van der Waals surface area contributed by atoms with Gasteiger partial charge in [0.1, 0.15) is 11.9 Å². The molecule has 0 bridgehead atoms. The molecule has 0 radical (unpaired) electrons. The Morgan fingerprint density at radius 3 is 2.10 bits per heavy atom. The molecule has 0 aromatic heterocycles. The Morgan fingerprint density at radius 2 is 1.50 bits per heavy atom. The van der Waals surface area contributed by atoms with E-state index in [1.165, 1.54) is 6.07 Å². The lowest BCUT2D eigenvalue weighted by molar-refractivity contribution is -0.138. The number of carbonyl (C=O) groups excluding carboxylic acids is 1. The minimum Gasteiger partial charge on any atom is -0.455 e. The number of hydrogen-bond donors (Lipinski definition) is 0. The fourth-order valence-electron chi connectivity index (χ4n) is 5.44. The van der Waals surface area contributed by atoms with E-state index >= 15 is 0 Å². The van der Waals surface area contributed by atoms with Crippen molar-refractivity contribution >= 4 is 23.2 Å². The van der Waals surface area contributed by atoms with Crippen LogP contribution < -0.4 is 4.90 Å². The second kappa shape index (κ2) is 10.3. The summed E-state index contributed by atoms with van der Waals surface area (Å²) in [7, 11) is 0. The van der Waals surface area contributed by atoms with Gasteiger partial charge in [0.15, 0.2) is 0 Å². The zero-order valence-electron chi connectivity index (χ0n) is 21.4. The summed E-state index contributed by atoms with van der Waals surface area (Å²) in [6.07, 6.45) is -1.02. The Labute approximate surface area is 235 Å². The second-order valence-corrected chi connectivity index (χ2v) is 10.4. The Hall–Kier alpha value is -3.75. The van der Waals surface area contributed by atoms with Crippen LogP contribution in [0.1, 0.15) is 23.1 Å². The highest BCUT2D eigenvalue weighted by atomic mass is 35.5. The van der Waals surface area contributed by atoms with Gasteiger partial charge in [0.25, 0.3) is 5.79 Å². The van der Waals surface area contributed by atoms with E-state index in [1.54, 1.807) is 23.1 Å². The molecule has 1 amide bonds. The maximum atomic E-state index is 13.5. The molecule has 206 valence electrons. The average Bonchev–Trinajstić information content (AvgIpc) is 3.38. The molecule has 1 unspecified atom stereocenters. The molecule has 0 N–H and O–H groups in total. The minimum absolute atomic E-state index is 0.109. The van der Waals surface area contributed by atoms with Gasteiger partial charge in [-0.05, 0) is 24.3 Å². The molecule has 2 heterocycles. The Morgan fingerprint density at radius 1 is 0.875 bits per heavy atom. The lowest BCUT2D eigenvalue weighted by atomic mass is 9.97. The molecule has 0 spiro atoms. The number of ether oxygens (including phenoxy) is 2. The number of piperazine rings is 1. The summed E-state index contributed by atoms with van der Waals surface area (Å²) in [5.41, 5.74) is 1.89. The minimum atomic E-state index is -4.53. The molecule has 2 fully saturated rings. The van der Waals surface area contributed by atoms with E-state index < -0.39 is 23.6 Å². The molecular formula is C31H26ClF3N2O3. The first-order valence-corrected chi connectivity index (χ1v) is 13.4. The summed E-state index contributed by atoms with van der Waals surface area (Å²) < 4.78 is 53.0. The van der Waals surface area contributed by atoms with E-state index in [0.29, 0.717) is 49.6 Å². The van der Waals surface area contributed by atoms with Gasteiger partial charge >= 0.3 is 6.18 Å². The smallest absolute Gasteiger partial charge is 0.417 e. The number of anilines is 1. The molecule has 3 aromatic carbocycles. The number of rotatable bonds is 4. The lowest BCUT2D eigenvalue weighted by Gasteiger charge is -2.37. The molecule has 2 saturated heterocycles. The van der Waals surface area contributed by atoms with Crippen LogP contribution in [0, 0.1) is 0 Å². The van der Waals surface area contributed by atoms with E-state index in [-0.39, 0.29) is 10.9 Å². The third-order valence-electron chi connectivity index (χ3n) is 7.51. The van der Waals surface area contributed by atoms with E-state index in [9.17, 15) is 18.0 Å². The second-order valence-electron chi connectivity index (χ2n) is 9.96. The van der Waals surface area contributed by atoms with Crippen molar-refractivity contribution < 1.29 is 27.4 Å². The summed E-state index contributed by atoms with van der Waals surface area (Å²) in [6.45, 7) is 1.59. The standard InChI is InChI=1S/C31H26ClF3N2O3/c32-26-13-12-24(20-25(26)31(33,34)35)36-15-17-37(18-16-36)29(38)21-11-14-27-28(19-21)40-30(39-27,22-7-3-1-4-8-22)23-9-5-2-6-10-23/h1-14,20,28H,15-19H2. The van der Waals surface area contributed by atoms with Crippen molar-refractivity contribution in [3.05, 3.63) is 124 Å². The molecule has 3 aliphatic rings. The summed E-state index contributed by atoms with van der Waals surface area (Å²) in [6, 6.07) is 23.4. The third kappa shape index (κ3) is 4.86. The zero-order chi connectivity index (χ0) is 27.9. The van der Waals surface area contributed by atoms with Gasteiger partial charge in [-0.2, -0.15) is 13.2 Å². The van der Waals surface area contributed by atoms with Crippen molar-refractivity contribution in [1.29, 1.82) is 0 Å². The van der Waals surface area contributed by atoms with E-state index in [4.69, 9.17) is 21.1 Å². The maximum Gasteiger partial charge on any atom is 0.417 e. The highest BCUT2D eigenvalue weighted by Crippen LogP contribution is 2.47. The van der Waals surface area contributed by atoms with Crippen LogP contribution in [0.2, 0.25) is 5.02 Å². The van der Waals surface area contributed by atoms with Crippen molar-refractivity contribution in [3.8, 4) is 0 Å². The number of benzene rings is 3. The molecule has 40 heavy (non-hydrogen) atoms. The van der Waals surface area contributed by atoms with Crippen LogP contribution in [0.15, 0.2) is 102 Å². The number of allylic oxidation sites excluding steroid dienone is 2. The van der Waals surface area contributed by atoms with Crippen LogP contribution in [0.25, 0.3) is 0 Å². The van der Waals surface area contributed by atoms with Gasteiger partial charge in [0, 0.05) is 55.0 Å². The molecule has 6 rings (SSSR count). The largest absolute Gasteiger partial charge is 0.455 e. The van der Waals surface area contributed by atoms with Gasteiger partial charge in [0.05, 0.1) is 10.6 Å². The van der Waals surface area contributed by atoms with E-state index in [1.807, 2.05) is 65.6 Å². The fraction of sp³-hybridized carbons (Fsp3) is 0.258. The highest BCUT2D eigenvalue weighted by molar-refractivity contribution is 6.31. The van der Waals surface area contributed by atoms with Crippen LogP contribution in [0.3, 0.4) is 0 Å². The first-order chi connectivity index (χ1) is 19.2. The van der Waals surface area contributed by atoms with Crippen molar-refractivity contribution in [2.45, 2.75) is 24.5 Å². The maximum absolute atomic E-state index is 13.5. The molecule has 1 atom stereocenters.